The summed E-state index contributed by atoms with van der Waals surface area (Å²) in [6.45, 7) is 1.93. The number of hydrogen-bond acceptors (Lipinski definition) is 4. The molecule has 0 unspecified atom stereocenters. The maximum absolute atomic E-state index is 12.9. The Kier molecular flexibility index (Phi) is 3.39. The minimum absolute atomic E-state index is 0.0325. The van der Waals surface area contributed by atoms with E-state index in [9.17, 15) is 9.18 Å². The van der Waals surface area contributed by atoms with Crippen molar-refractivity contribution in [2.75, 3.05) is 13.7 Å². The summed E-state index contributed by atoms with van der Waals surface area (Å²) in [6.07, 6.45) is 0. The van der Waals surface area contributed by atoms with E-state index in [1.54, 1.807) is 6.92 Å². The lowest BCUT2D eigenvalue weighted by molar-refractivity contribution is 0.0518. The van der Waals surface area contributed by atoms with Gasteiger partial charge in [0.25, 0.3) is 5.88 Å². The lowest BCUT2D eigenvalue weighted by Crippen LogP contribution is -2.08. The lowest BCUT2D eigenvalue weighted by Gasteiger charge is -2.03. The van der Waals surface area contributed by atoms with E-state index in [0.717, 1.165) is 6.07 Å². The van der Waals surface area contributed by atoms with E-state index in [1.807, 2.05) is 0 Å². The number of carbonyl (C=O) groups excluding carboxylic acids is 1. The Balaban J connectivity index is 2.94. The number of hydrogen-bond donors (Lipinski definition) is 0. The molecule has 1 aromatic heterocycles. The van der Waals surface area contributed by atoms with Gasteiger partial charge >= 0.3 is 5.97 Å². The highest BCUT2D eigenvalue weighted by Crippen LogP contribution is 2.13. The van der Waals surface area contributed by atoms with Crippen molar-refractivity contribution in [1.82, 2.24) is 4.98 Å². The van der Waals surface area contributed by atoms with Crippen molar-refractivity contribution in [3.8, 4) is 5.88 Å². The molecule has 0 atom stereocenters. The molecule has 0 saturated carbocycles. The fourth-order valence-electron chi connectivity index (χ4n) is 0.885. The monoisotopic (exact) mass is 199 g/mol. The molecule has 0 bridgehead atoms. The number of halogens is 1. The highest BCUT2D eigenvalue weighted by atomic mass is 19.1. The van der Waals surface area contributed by atoms with Gasteiger partial charge in [0.2, 0.25) is 0 Å². The summed E-state index contributed by atoms with van der Waals surface area (Å²) in [6, 6.07) is 2.36. The first-order chi connectivity index (χ1) is 6.69. The maximum Gasteiger partial charge on any atom is 0.357 e. The zero-order valence-electron chi connectivity index (χ0n) is 7.91. The molecule has 0 aliphatic rings. The molecule has 0 fully saturated rings. The van der Waals surface area contributed by atoms with Crippen LogP contribution in [0.5, 0.6) is 5.88 Å². The van der Waals surface area contributed by atoms with Gasteiger partial charge in [-0.2, -0.15) is 0 Å². The van der Waals surface area contributed by atoms with Crippen molar-refractivity contribution in [2.24, 2.45) is 0 Å². The molecule has 0 aromatic carbocycles. The largest absolute Gasteiger partial charge is 0.479 e. The zero-order valence-corrected chi connectivity index (χ0v) is 7.91. The molecule has 0 aliphatic heterocycles. The average molecular weight is 199 g/mol. The molecular formula is C9H10FNO3. The molecule has 14 heavy (non-hydrogen) atoms. The third kappa shape index (κ3) is 2.18. The number of ether oxygens (including phenoxy) is 2. The number of pyridine rings is 1. The van der Waals surface area contributed by atoms with Gasteiger partial charge < -0.3 is 9.47 Å². The molecule has 1 rings (SSSR count). The van der Waals surface area contributed by atoms with Crippen molar-refractivity contribution >= 4 is 5.97 Å². The van der Waals surface area contributed by atoms with Gasteiger partial charge in [0.1, 0.15) is 0 Å². The van der Waals surface area contributed by atoms with Gasteiger partial charge in [0, 0.05) is 0 Å². The Bertz CT molecular complexity index is 341. The summed E-state index contributed by atoms with van der Waals surface area (Å²) >= 11 is 0. The maximum atomic E-state index is 12.9. The van der Waals surface area contributed by atoms with Crippen molar-refractivity contribution in [2.45, 2.75) is 6.92 Å². The fourth-order valence-corrected chi connectivity index (χ4v) is 0.885. The summed E-state index contributed by atoms with van der Waals surface area (Å²) < 4.78 is 22.2. The molecule has 76 valence electrons. The number of carbonyl (C=O) groups is 1. The Morgan fingerprint density at radius 2 is 2.29 bits per heavy atom. The number of methoxy groups -OCH3 is 1. The van der Waals surface area contributed by atoms with Crippen LogP contribution in [0.2, 0.25) is 0 Å². The second kappa shape index (κ2) is 4.55. The van der Waals surface area contributed by atoms with Gasteiger partial charge in [0.15, 0.2) is 11.5 Å². The Morgan fingerprint density at radius 1 is 1.57 bits per heavy atom. The van der Waals surface area contributed by atoms with Gasteiger partial charge in [0.05, 0.1) is 13.7 Å². The van der Waals surface area contributed by atoms with Crippen molar-refractivity contribution in [3.63, 3.8) is 0 Å². The van der Waals surface area contributed by atoms with E-state index in [4.69, 9.17) is 0 Å². The minimum atomic E-state index is -0.611. The van der Waals surface area contributed by atoms with Crippen molar-refractivity contribution in [3.05, 3.63) is 23.6 Å². The normalized spacial score (nSPS) is 9.64. The van der Waals surface area contributed by atoms with Crippen molar-refractivity contribution in [1.29, 1.82) is 0 Å². The first-order valence-electron chi connectivity index (χ1n) is 4.06. The van der Waals surface area contributed by atoms with E-state index in [2.05, 4.69) is 14.5 Å². The summed E-state index contributed by atoms with van der Waals surface area (Å²) in [5.74, 6) is -1.41. The van der Waals surface area contributed by atoms with E-state index in [0.29, 0.717) is 0 Å². The Hall–Kier alpha value is -1.65. The predicted molar refractivity (Wildman–Crippen MR) is 46.7 cm³/mol. The van der Waals surface area contributed by atoms with Crippen LogP contribution in [0.4, 0.5) is 4.39 Å². The van der Waals surface area contributed by atoms with Crippen LogP contribution in [0.15, 0.2) is 12.1 Å². The van der Waals surface area contributed by atoms with Crippen LogP contribution in [0, 0.1) is 5.82 Å². The number of rotatable bonds is 3. The summed E-state index contributed by atoms with van der Waals surface area (Å²) in [7, 11) is 1.28. The highest BCUT2D eigenvalue weighted by molar-refractivity contribution is 5.87. The number of nitrogens with zero attached hydrogens (tertiary/aromatic N) is 1. The third-order valence-corrected chi connectivity index (χ3v) is 1.49. The Morgan fingerprint density at radius 3 is 2.86 bits per heavy atom. The van der Waals surface area contributed by atoms with Gasteiger partial charge in [-0.05, 0) is 19.1 Å². The minimum Gasteiger partial charge on any atom is -0.479 e. The first kappa shape index (κ1) is 10.4. The van der Waals surface area contributed by atoms with Crippen LogP contribution in [-0.4, -0.2) is 24.7 Å². The van der Waals surface area contributed by atoms with Gasteiger partial charge in [-0.15, -0.1) is 0 Å². The highest BCUT2D eigenvalue weighted by Gasteiger charge is 2.12. The molecule has 1 aromatic rings. The summed E-state index contributed by atoms with van der Waals surface area (Å²) in [5.41, 5.74) is 0.0325. The topological polar surface area (TPSA) is 48.4 Å². The standard InChI is InChI=1S/C9H10FNO3/c1-3-14-9(12)7-5-4-6(10)8(11-7)13-2/h4-5H,3H2,1-2H3. The quantitative estimate of drug-likeness (QED) is 0.690. The second-order valence-electron chi connectivity index (χ2n) is 2.41. The van der Waals surface area contributed by atoms with E-state index in [1.165, 1.54) is 13.2 Å². The van der Waals surface area contributed by atoms with Crippen LogP contribution in [0.25, 0.3) is 0 Å². The number of esters is 1. The fraction of sp³-hybridized carbons (Fsp3) is 0.333. The first-order valence-corrected chi connectivity index (χ1v) is 4.06. The van der Waals surface area contributed by atoms with Crippen LogP contribution in [-0.2, 0) is 4.74 Å². The SMILES string of the molecule is CCOC(=O)c1ccc(F)c(OC)n1. The molecule has 0 radical (unpaired) electrons. The smallest absolute Gasteiger partial charge is 0.357 e. The molecule has 0 spiro atoms. The van der Waals surface area contributed by atoms with Crippen LogP contribution >= 0.6 is 0 Å². The Labute approximate surface area is 80.7 Å². The number of aromatic nitrogens is 1. The molecule has 5 heteroatoms. The predicted octanol–water partition coefficient (Wildman–Crippen LogP) is 1.41. The van der Waals surface area contributed by atoms with E-state index in [-0.39, 0.29) is 18.2 Å². The van der Waals surface area contributed by atoms with Crippen molar-refractivity contribution < 1.29 is 18.7 Å². The van der Waals surface area contributed by atoms with E-state index < -0.39 is 11.8 Å². The molecule has 0 N–H and O–H groups in total. The molecule has 4 nitrogen and oxygen atoms in total. The molecular weight excluding hydrogens is 189 g/mol. The van der Waals surface area contributed by atoms with Gasteiger partial charge in [-0.1, -0.05) is 0 Å². The molecule has 1 heterocycles. The third-order valence-electron chi connectivity index (χ3n) is 1.49. The van der Waals surface area contributed by atoms with Crippen LogP contribution in [0.3, 0.4) is 0 Å². The van der Waals surface area contributed by atoms with Crippen LogP contribution in [0.1, 0.15) is 17.4 Å². The zero-order chi connectivity index (χ0) is 10.6. The second-order valence-corrected chi connectivity index (χ2v) is 2.41. The van der Waals surface area contributed by atoms with Gasteiger partial charge in [-0.3, -0.25) is 0 Å². The van der Waals surface area contributed by atoms with Gasteiger partial charge in [-0.25, -0.2) is 14.2 Å². The molecule has 0 amide bonds. The summed E-state index contributed by atoms with van der Waals surface area (Å²) in [4.78, 5) is 14.8. The lowest BCUT2D eigenvalue weighted by atomic mass is 10.3. The summed E-state index contributed by atoms with van der Waals surface area (Å²) in [5, 5.41) is 0. The van der Waals surface area contributed by atoms with E-state index >= 15 is 0 Å². The molecule has 0 saturated heterocycles. The average Bonchev–Trinajstić information content (AvgIpc) is 2.19. The van der Waals surface area contributed by atoms with Crippen LogP contribution < -0.4 is 4.74 Å². The molecule has 0 aliphatic carbocycles.